The molecule has 1 heteroatoms. The third-order valence-electron chi connectivity index (χ3n) is 2.87. The Hall–Kier alpha value is -0.0400. The average molecular weight is 171 g/mol. The van der Waals surface area contributed by atoms with Gasteiger partial charge in [-0.25, -0.2) is 0 Å². The van der Waals surface area contributed by atoms with Crippen molar-refractivity contribution in [3.63, 3.8) is 0 Å². The zero-order valence-electron chi connectivity index (χ0n) is 9.41. The lowest BCUT2D eigenvalue weighted by Gasteiger charge is -2.33. The lowest BCUT2D eigenvalue weighted by Crippen LogP contribution is -2.39. The van der Waals surface area contributed by atoms with Gasteiger partial charge >= 0.3 is 0 Å². The summed E-state index contributed by atoms with van der Waals surface area (Å²) >= 11 is 0. The van der Waals surface area contributed by atoms with Gasteiger partial charge in [-0.3, -0.25) is 0 Å². The molecule has 1 atom stereocenters. The van der Waals surface area contributed by atoms with Crippen LogP contribution in [0.5, 0.6) is 0 Å². The standard InChI is InChI=1S/C11H25N/c1-6-8-9-11(3,4)10(7-2)12-5/h10,12H,6-9H2,1-5H3/t10-/m1/s1. The molecule has 0 radical (unpaired) electrons. The fourth-order valence-corrected chi connectivity index (χ4v) is 1.95. The predicted octanol–water partition coefficient (Wildman–Crippen LogP) is 3.20. The van der Waals surface area contributed by atoms with Crippen molar-refractivity contribution in [1.29, 1.82) is 0 Å². The fraction of sp³-hybridized carbons (Fsp3) is 1.00. The van der Waals surface area contributed by atoms with Crippen molar-refractivity contribution in [2.24, 2.45) is 5.41 Å². The van der Waals surface area contributed by atoms with Crippen molar-refractivity contribution in [2.75, 3.05) is 7.05 Å². The molecule has 0 unspecified atom stereocenters. The van der Waals surface area contributed by atoms with Gasteiger partial charge in [0.15, 0.2) is 0 Å². The third-order valence-corrected chi connectivity index (χ3v) is 2.87. The normalized spacial score (nSPS) is 14.8. The Balaban J connectivity index is 3.96. The van der Waals surface area contributed by atoms with Crippen molar-refractivity contribution < 1.29 is 0 Å². The van der Waals surface area contributed by atoms with Crippen LogP contribution < -0.4 is 5.32 Å². The second kappa shape index (κ2) is 5.58. The van der Waals surface area contributed by atoms with Crippen LogP contribution >= 0.6 is 0 Å². The topological polar surface area (TPSA) is 12.0 Å². The van der Waals surface area contributed by atoms with E-state index in [0.717, 1.165) is 0 Å². The van der Waals surface area contributed by atoms with Crippen LogP contribution in [0, 0.1) is 5.41 Å². The highest BCUT2D eigenvalue weighted by Gasteiger charge is 2.25. The Morgan fingerprint density at radius 1 is 1.25 bits per heavy atom. The second-order valence-corrected chi connectivity index (χ2v) is 4.34. The minimum absolute atomic E-state index is 0.458. The molecule has 0 bridgehead atoms. The summed E-state index contributed by atoms with van der Waals surface area (Å²) in [7, 11) is 2.07. The van der Waals surface area contributed by atoms with Crippen LogP contribution in [0.15, 0.2) is 0 Å². The minimum Gasteiger partial charge on any atom is -0.316 e. The average Bonchev–Trinajstić information content (AvgIpc) is 2.03. The van der Waals surface area contributed by atoms with E-state index in [9.17, 15) is 0 Å². The third kappa shape index (κ3) is 3.57. The first kappa shape index (κ1) is 12.0. The minimum atomic E-state index is 0.458. The van der Waals surface area contributed by atoms with Crippen LogP contribution in [0.1, 0.15) is 53.4 Å². The monoisotopic (exact) mass is 171 g/mol. The van der Waals surface area contributed by atoms with Gasteiger partial charge in [-0.2, -0.15) is 0 Å². The van der Waals surface area contributed by atoms with Crippen LogP contribution in [0.4, 0.5) is 0 Å². The molecule has 0 rings (SSSR count). The first-order chi connectivity index (χ1) is 5.58. The molecule has 0 aliphatic heterocycles. The molecule has 1 nitrogen and oxygen atoms in total. The Bertz CT molecular complexity index is 104. The summed E-state index contributed by atoms with van der Waals surface area (Å²) in [5, 5.41) is 3.40. The number of rotatable bonds is 6. The van der Waals surface area contributed by atoms with Crippen molar-refractivity contribution >= 4 is 0 Å². The summed E-state index contributed by atoms with van der Waals surface area (Å²) in [6.07, 6.45) is 5.23. The van der Waals surface area contributed by atoms with E-state index in [-0.39, 0.29) is 0 Å². The van der Waals surface area contributed by atoms with Gasteiger partial charge in [-0.05, 0) is 25.3 Å². The molecular weight excluding hydrogens is 146 g/mol. The summed E-state index contributed by atoms with van der Waals surface area (Å²) in [5.74, 6) is 0. The van der Waals surface area contributed by atoms with E-state index in [4.69, 9.17) is 0 Å². The Morgan fingerprint density at radius 2 is 1.83 bits per heavy atom. The van der Waals surface area contributed by atoms with Crippen LogP contribution in [0.2, 0.25) is 0 Å². The molecule has 0 aromatic rings. The molecule has 0 aromatic heterocycles. The highest BCUT2D eigenvalue weighted by Crippen LogP contribution is 2.28. The molecule has 0 amide bonds. The van der Waals surface area contributed by atoms with Crippen molar-refractivity contribution in [2.45, 2.75) is 59.4 Å². The van der Waals surface area contributed by atoms with E-state index in [2.05, 4.69) is 40.1 Å². The number of unbranched alkanes of at least 4 members (excludes halogenated alkanes) is 1. The van der Waals surface area contributed by atoms with Gasteiger partial charge in [0.2, 0.25) is 0 Å². The van der Waals surface area contributed by atoms with Gasteiger partial charge in [-0.15, -0.1) is 0 Å². The molecule has 0 saturated carbocycles. The maximum absolute atomic E-state index is 3.40. The van der Waals surface area contributed by atoms with Gasteiger partial charge in [-0.1, -0.05) is 40.5 Å². The van der Waals surface area contributed by atoms with Crippen molar-refractivity contribution in [3.8, 4) is 0 Å². The molecule has 0 aromatic carbocycles. The first-order valence-corrected chi connectivity index (χ1v) is 5.25. The van der Waals surface area contributed by atoms with E-state index in [1.807, 2.05) is 0 Å². The van der Waals surface area contributed by atoms with Crippen molar-refractivity contribution in [1.82, 2.24) is 5.32 Å². The predicted molar refractivity (Wildman–Crippen MR) is 56.4 cm³/mol. The highest BCUT2D eigenvalue weighted by molar-refractivity contribution is 4.81. The Morgan fingerprint density at radius 3 is 2.17 bits per heavy atom. The molecule has 0 fully saturated rings. The zero-order chi connectivity index (χ0) is 9.61. The molecule has 0 aliphatic rings. The van der Waals surface area contributed by atoms with Crippen LogP contribution in [-0.4, -0.2) is 13.1 Å². The molecule has 0 saturated heterocycles. The van der Waals surface area contributed by atoms with Gasteiger partial charge in [0.05, 0.1) is 0 Å². The van der Waals surface area contributed by atoms with Gasteiger partial charge in [0.1, 0.15) is 0 Å². The lowest BCUT2D eigenvalue weighted by atomic mass is 9.79. The van der Waals surface area contributed by atoms with E-state index in [1.165, 1.54) is 25.7 Å². The summed E-state index contributed by atoms with van der Waals surface area (Å²) in [4.78, 5) is 0. The molecule has 12 heavy (non-hydrogen) atoms. The van der Waals surface area contributed by atoms with Gasteiger partial charge < -0.3 is 5.32 Å². The number of nitrogens with one attached hydrogen (secondary N) is 1. The largest absolute Gasteiger partial charge is 0.316 e. The summed E-state index contributed by atoms with van der Waals surface area (Å²) < 4.78 is 0. The maximum atomic E-state index is 3.40. The summed E-state index contributed by atoms with van der Waals surface area (Å²) in [5.41, 5.74) is 0.458. The quantitative estimate of drug-likeness (QED) is 0.647. The molecule has 1 N–H and O–H groups in total. The highest BCUT2D eigenvalue weighted by atomic mass is 14.9. The molecular formula is C11H25N. The summed E-state index contributed by atoms with van der Waals surface area (Å²) in [6, 6.07) is 0.670. The van der Waals surface area contributed by atoms with E-state index >= 15 is 0 Å². The smallest absolute Gasteiger partial charge is 0.0113 e. The summed E-state index contributed by atoms with van der Waals surface area (Å²) in [6.45, 7) is 9.26. The van der Waals surface area contributed by atoms with Crippen LogP contribution in [-0.2, 0) is 0 Å². The number of hydrogen-bond donors (Lipinski definition) is 1. The lowest BCUT2D eigenvalue weighted by molar-refractivity contribution is 0.221. The van der Waals surface area contributed by atoms with E-state index in [1.54, 1.807) is 0 Å². The van der Waals surface area contributed by atoms with E-state index in [0.29, 0.717) is 11.5 Å². The number of hydrogen-bond acceptors (Lipinski definition) is 1. The van der Waals surface area contributed by atoms with E-state index < -0.39 is 0 Å². The maximum Gasteiger partial charge on any atom is 0.0113 e. The second-order valence-electron chi connectivity index (χ2n) is 4.34. The fourth-order valence-electron chi connectivity index (χ4n) is 1.95. The van der Waals surface area contributed by atoms with Crippen LogP contribution in [0.3, 0.4) is 0 Å². The zero-order valence-corrected chi connectivity index (χ0v) is 9.41. The molecule has 0 aliphatic carbocycles. The van der Waals surface area contributed by atoms with Crippen molar-refractivity contribution in [3.05, 3.63) is 0 Å². The molecule has 0 spiro atoms. The first-order valence-electron chi connectivity index (χ1n) is 5.25. The van der Waals surface area contributed by atoms with Gasteiger partial charge in [0, 0.05) is 6.04 Å². The van der Waals surface area contributed by atoms with Crippen LogP contribution in [0.25, 0.3) is 0 Å². The SMILES string of the molecule is CCCCC(C)(C)[C@@H](CC)NC. The Labute approximate surface area is 77.9 Å². The van der Waals surface area contributed by atoms with Gasteiger partial charge in [0.25, 0.3) is 0 Å². The molecule has 74 valence electrons. The molecule has 0 heterocycles. The Kier molecular flexibility index (Phi) is 5.56.